The zero-order chi connectivity index (χ0) is 5.86. The van der Waals surface area contributed by atoms with E-state index in [9.17, 15) is 0 Å². The molecule has 0 atom stereocenters. The molecule has 0 aromatic rings. The van der Waals surface area contributed by atoms with Crippen LogP contribution in [0.1, 0.15) is 13.3 Å². The highest BCUT2D eigenvalue weighted by Gasteiger charge is 1.89. The summed E-state index contributed by atoms with van der Waals surface area (Å²) in [6, 6.07) is 0. The van der Waals surface area contributed by atoms with Crippen LogP contribution in [-0.4, -0.2) is 10.9 Å². The summed E-state index contributed by atoms with van der Waals surface area (Å²) in [6.07, 6.45) is 0.293. The minimum atomic E-state index is 0.0347. The van der Waals surface area contributed by atoms with Gasteiger partial charge in [0, 0.05) is 12.1 Å². The van der Waals surface area contributed by atoms with Gasteiger partial charge in [0.05, 0.1) is 0 Å². The van der Waals surface area contributed by atoms with E-state index in [1.165, 1.54) is 0 Å². The molecule has 0 aromatic heterocycles. The van der Waals surface area contributed by atoms with Crippen molar-refractivity contribution < 1.29 is 0 Å². The Morgan fingerprint density at radius 2 is 2.00 bits per heavy atom. The minimum absolute atomic E-state index is 0.0347. The van der Waals surface area contributed by atoms with Crippen LogP contribution in [0, 0.1) is 10.8 Å². The van der Waals surface area contributed by atoms with Crippen molar-refractivity contribution in [1.29, 1.82) is 10.8 Å². The second kappa shape index (κ2) is 2.75. The Kier molecular flexibility index (Phi) is 2.60. The second-order valence-corrected chi connectivity index (χ2v) is 1.82. The van der Waals surface area contributed by atoms with Gasteiger partial charge < -0.3 is 5.41 Å². The number of rotatable bonds is 2. The van der Waals surface area contributed by atoms with Crippen LogP contribution in [0.15, 0.2) is 0 Å². The second-order valence-electron chi connectivity index (χ2n) is 1.36. The van der Waals surface area contributed by atoms with E-state index in [2.05, 4.69) is 0 Å². The van der Waals surface area contributed by atoms with Crippen molar-refractivity contribution in [2.45, 2.75) is 13.3 Å². The molecular weight excluding hydrogens is 112 g/mol. The molecule has 0 rings (SSSR count). The summed E-state index contributed by atoms with van der Waals surface area (Å²) in [4.78, 5) is 0. The van der Waals surface area contributed by atoms with Gasteiger partial charge in [-0.25, -0.2) is 0 Å². The van der Waals surface area contributed by atoms with Crippen molar-refractivity contribution in [3.63, 3.8) is 0 Å². The molecule has 0 unspecified atom stereocenters. The van der Waals surface area contributed by atoms with Crippen LogP contribution in [0.3, 0.4) is 0 Å². The first-order valence-corrected chi connectivity index (χ1v) is 2.27. The van der Waals surface area contributed by atoms with Gasteiger partial charge in [0.2, 0.25) is 0 Å². The van der Waals surface area contributed by atoms with Crippen LogP contribution in [0.25, 0.3) is 0 Å². The summed E-state index contributed by atoms with van der Waals surface area (Å²) in [7, 11) is 0. The summed E-state index contributed by atoms with van der Waals surface area (Å²) in [5.74, 6) is 0. The number of hydrogen-bond acceptors (Lipinski definition) is 2. The SMILES string of the molecule is CC(=N)CC(=N)Cl. The molecule has 0 fully saturated rings. The molecule has 0 bridgehead atoms. The van der Waals surface area contributed by atoms with E-state index >= 15 is 0 Å². The maximum Gasteiger partial charge on any atom is 0.102 e. The van der Waals surface area contributed by atoms with Crippen LogP contribution in [0.5, 0.6) is 0 Å². The van der Waals surface area contributed by atoms with Gasteiger partial charge >= 0.3 is 0 Å². The fourth-order valence-electron chi connectivity index (χ4n) is 0.233. The Hall–Kier alpha value is -0.370. The highest BCUT2D eigenvalue weighted by atomic mass is 35.5. The molecule has 2 nitrogen and oxygen atoms in total. The van der Waals surface area contributed by atoms with Gasteiger partial charge in [0.25, 0.3) is 0 Å². The molecule has 0 heterocycles. The van der Waals surface area contributed by atoms with Crippen LogP contribution in [0.2, 0.25) is 0 Å². The minimum Gasteiger partial charge on any atom is -0.310 e. The summed E-state index contributed by atoms with van der Waals surface area (Å²) in [5, 5.41) is 13.5. The summed E-state index contributed by atoms with van der Waals surface area (Å²) in [5.41, 5.74) is 0.431. The maximum absolute atomic E-state index is 6.80. The Morgan fingerprint density at radius 1 is 1.57 bits per heavy atom. The number of halogens is 1. The molecule has 0 radical (unpaired) electrons. The molecule has 0 aliphatic rings. The van der Waals surface area contributed by atoms with Crippen molar-refractivity contribution in [1.82, 2.24) is 0 Å². The third-order valence-electron chi connectivity index (χ3n) is 0.420. The van der Waals surface area contributed by atoms with Crippen molar-refractivity contribution in [2.24, 2.45) is 0 Å². The van der Waals surface area contributed by atoms with Gasteiger partial charge in [-0.3, -0.25) is 5.41 Å². The number of nitrogens with one attached hydrogen (secondary N) is 2. The molecule has 7 heavy (non-hydrogen) atoms. The van der Waals surface area contributed by atoms with Crippen LogP contribution in [0.4, 0.5) is 0 Å². The first kappa shape index (κ1) is 6.63. The first-order valence-electron chi connectivity index (χ1n) is 1.90. The van der Waals surface area contributed by atoms with E-state index in [4.69, 9.17) is 22.4 Å². The fraction of sp³-hybridized carbons (Fsp3) is 0.500. The van der Waals surface area contributed by atoms with E-state index in [1.807, 2.05) is 0 Å². The molecular formula is C4H7ClN2. The van der Waals surface area contributed by atoms with Crippen molar-refractivity contribution in [3.05, 3.63) is 0 Å². The lowest BCUT2D eigenvalue weighted by molar-refractivity contribution is 1.37. The van der Waals surface area contributed by atoms with Gasteiger partial charge in [-0.15, -0.1) is 0 Å². The lowest BCUT2D eigenvalue weighted by Crippen LogP contribution is -1.93. The number of hydrogen-bond donors (Lipinski definition) is 2. The standard InChI is InChI=1S/C4H7ClN2/c1-3(6)2-4(5)7/h6-7H,2H2,1H3. The van der Waals surface area contributed by atoms with E-state index in [0.717, 1.165) is 0 Å². The van der Waals surface area contributed by atoms with Crippen LogP contribution in [-0.2, 0) is 0 Å². The predicted molar refractivity (Wildman–Crippen MR) is 31.6 cm³/mol. The van der Waals surface area contributed by atoms with E-state index < -0.39 is 0 Å². The Labute approximate surface area is 47.5 Å². The smallest absolute Gasteiger partial charge is 0.102 e. The van der Waals surface area contributed by atoms with E-state index in [1.54, 1.807) is 6.92 Å². The van der Waals surface area contributed by atoms with Gasteiger partial charge in [-0.2, -0.15) is 0 Å². The van der Waals surface area contributed by atoms with Gasteiger partial charge in [-0.05, 0) is 6.92 Å². The molecule has 0 saturated carbocycles. The zero-order valence-corrected chi connectivity index (χ0v) is 4.84. The molecule has 0 aliphatic heterocycles. The normalized spacial score (nSPS) is 8.29. The van der Waals surface area contributed by atoms with Gasteiger partial charge in [-0.1, -0.05) is 11.6 Å². The predicted octanol–water partition coefficient (Wildman–Crippen LogP) is 1.63. The Bertz CT molecular complexity index is 85.9. The summed E-state index contributed by atoms with van der Waals surface area (Å²) < 4.78 is 0. The summed E-state index contributed by atoms with van der Waals surface area (Å²) >= 11 is 5.12. The lowest BCUT2D eigenvalue weighted by atomic mass is 10.3. The largest absolute Gasteiger partial charge is 0.310 e. The van der Waals surface area contributed by atoms with Gasteiger partial charge in [0.1, 0.15) is 5.17 Å². The highest BCUT2D eigenvalue weighted by molar-refractivity contribution is 6.65. The first-order chi connectivity index (χ1) is 3.13. The molecule has 0 amide bonds. The Morgan fingerprint density at radius 3 is 2.00 bits per heavy atom. The average molecular weight is 119 g/mol. The quantitative estimate of drug-likeness (QED) is 0.518. The molecule has 0 aromatic carbocycles. The third kappa shape index (κ3) is 5.63. The molecule has 0 saturated heterocycles. The van der Waals surface area contributed by atoms with Crippen molar-refractivity contribution in [3.8, 4) is 0 Å². The molecule has 0 aliphatic carbocycles. The highest BCUT2D eigenvalue weighted by Crippen LogP contribution is 1.88. The molecule has 3 heteroatoms. The topological polar surface area (TPSA) is 47.7 Å². The van der Waals surface area contributed by atoms with Crippen LogP contribution >= 0.6 is 11.6 Å². The van der Waals surface area contributed by atoms with Crippen molar-refractivity contribution in [2.75, 3.05) is 0 Å². The van der Waals surface area contributed by atoms with E-state index in [-0.39, 0.29) is 5.17 Å². The molecule has 40 valence electrons. The molecule has 0 spiro atoms. The molecule has 2 N–H and O–H groups in total. The zero-order valence-electron chi connectivity index (χ0n) is 4.09. The third-order valence-corrected chi connectivity index (χ3v) is 0.554. The van der Waals surface area contributed by atoms with Crippen molar-refractivity contribution >= 4 is 22.5 Å². The average Bonchev–Trinajstić information content (AvgIpc) is 1.27. The lowest BCUT2D eigenvalue weighted by Gasteiger charge is -1.86. The van der Waals surface area contributed by atoms with E-state index in [0.29, 0.717) is 12.1 Å². The van der Waals surface area contributed by atoms with Crippen LogP contribution < -0.4 is 0 Å². The Balaban J connectivity index is 3.32. The van der Waals surface area contributed by atoms with Gasteiger partial charge in [0.15, 0.2) is 0 Å². The monoisotopic (exact) mass is 118 g/mol. The summed E-state index contributed by atoms with van der Waals surface area (Å²) in [6.45, 7) is 1.62. The maximum atomic E-state index is 6.80. The fourth-order valence-corrected chi connectivity index (χ4v) is 0.433.